The van der Waals surface area contributed by atoms with Gasteiger partial charge in [-0.25, -0.2) is 9.37 Å². The maximum Gasteiger partial charge on any atom is 0.246 e. The Kier molecular flexibility index (Phi) is 4.93. The molecule has 0 spiro atoms. The predicted molar refractivity (Wildman–Crippen MR) is 91.7 cm³/mol. The molecule has 7 heteroatoms. The summed E-state index contributed by atoms with van der Waals surface area (Å²) >= 11 is 1.40. The average molecular weight is 349 g/mol. The summed E-state index contributed by atoms with van der Waals surface area (Å²) in [5.41, 5.74) is 6.98. The minimum Gasteiger partial charge on any atom is -0.381 e. The third-order valence-electron chi connectivity index (χ3n) is 4.20. The van der Waals surface area contributed by atoms with Crippen molar-refractivity contribution in [1.29, 1.82) is 0 Å². The number of carbonyl (C=O) groups excluding carboxylic acids is 1. The van der Waals surface area contributed by atoms with Crippen LogP contribution in [-0.4, -0.2) is 29.6 Å². The molecule has 3 N–H and O–H groups in total. The lowest BCUT2D eigenvalue weighted by Crippen LogP contribution is -2.54. The van der Waals surface area contributed by atoms with E-state index in [2.05, 4.69) is 10.3 Å². The van der Waals surface area contributed by atoms with Crippen molar-refractivity contribution < 1.29 is 13.9 Å². The van der Waals surface area contributed by atoms with Crippen LogP contribution in [0.1, 0.15) is 29.0 Å². The molecule has 0 radical (unpaired) electrons. The van der Waals surface area contributed by atoms with Gasteiger partial charge in [-0.15, -0.1) is 11.3 Å². The van der Waals surface area contributed by atoms with Crippen molar-refractivity contribution in [2.24, 2.45) is 5.73 Å². The Labute approximate surface area is 144 Å². The highest BCUT2D eigenvalue weighted by molar-refractivity contribution is 7.15. The van der Waals surface area contributed by atoms with Crippen LogP contribution >= 0.6 is 11.3 Å². The number of nitrogens with zero attached hydrogens (tertiary/aromatic N) is 1. The van der Waals surface area contributed by atoms with Gasteiger partial charge in [0.25, 0.3) is 0 Å². The summed E-state index contributed by atoms with van der Waals surface area (Å²) in [6.45, 7) is 2.87. The summed E-state index contributed by atoms with van der Waals surface area (Å²) in [5, 5.41) is 3.35. The standard InChI is InChI=1S/C17H20FN3O2S/c1-11-14(10-12-3-2-4-13(18)9-12)24-16(20-11)21-15(22)17(19)5-7-23-8-6-17/h2-4,9H,5-8,10,19H2,1H3,(H,20,21,22). The zero-order valence-electron chi connectivity index (χ0n) is 13.5. The Balaban J connectivity index is 1.70. The molecular weight excluding hydrogens is 329 g/mol. The van der Waals surface area contributed by atoms with Gasteiger partial charge in [-0.1, -0.05) is 12.1 Å². The third-order valence-corrected chi connectivity index (χ3v) is 5.28. The highest BCUT2D eigenvalue weighted by atomic mass is 32.1. The Morgan fingerprint density at radius 2 is 2.21 bits per heavy atom. The van der Waals surface area contributed by atoms with Gasteiger partial charge in [0.1, 0.15) is 11.4 Å². The third kappa shape index (κ3) is 3.80. The van der Waals surface area contributed by atoms with Crippen molar-refractivity contribution in [2.45, 2.75) is 31.7 Å². The highest BCUT2D eigenvalue weighted by Crippen LogP contribution is 2.27. The smallest absolute Gasteiger partial charge is 0.246 e. The molecule has 2 heterocycles. The van der Waals surface area contributed by atoms with Gasteiger partial charge in [-0.3, -0.25) is 4.79 Å². The number of hydrogen-bond donors (Lipinski definition) is 2. The maximum atomic E-state index is 13.3. The van der Waals surface area contributed by atoms with Gasteiger partial charge >= 0.3 is 0 Å². The van der Waals surface area contributed by atoms with E-state index < -0.39 is 5.54 Å². The molecule has 1 fully saturated rings. The molecule has 1 aliphatic heterocycles. The number of nitrogens with one attached hydrogen (secondary N) is 1. The van der Waals surface area contributed by atoms with Crippen molar-refractivity contribution in [3.63, 3.8) is 0 Å². The molecule has 1 amide bonds. The van der Waals surface area contributed by atoms with Crippen LogP contribution in [-0.2, 0) is 16.0 Å². The van der Waals surface area contributed by atoms with E-state index in [0.717, 1.165) is 16.1 Å². The first kappa shape index (κ1) is 17.0. The van der Waals surface area contributed by atoms with Crippen molar-refractivity contribution in [2.75, 3.05) is 18.5 Å². The van der Waals surface area contributed by atoms with Crippen LogP contribution in [0.5, 0.6) is 0 Å². The average Bonchev–Trinajstić information content (AvgIpc) is 2.87. The van der Waals surface area contributed by atoms with Crippen molar-refractivity contribution in [3.05, 3.63) is 46.2 Å². The highest BCUT2D eigenvalue weighted by Gasteiger charge is 2.36. The molecule has 1 aromatic heterocycles. The number of thiazole rings is 1. The molecule has 128 valence electrons. The van der Waals surface area contributed by atoms with Crippen LogP contribution in [0.25, 0.3) is 0 Å². The van der Waals surface area contributed by atoms with Crippen LogP contribution in [0.2, 0.25) is 0 Å². The number of nitrogens with two attached hydrogens (primary N) is 1. The molecule has 1 saturated heterocycles. The molecule has 1 aromatic carbocycles. The van der Waals surface area contributed by atoms with Crippen molar-refractivity contribution in [3.8, 4) is 0 Å². The molecule has 3 rings (SSSR count). The molecule has 0 saturated carbocycles. The Bertz CT molecular complexity index is 741. The fourth-order valence-electron chi connectivity index (χ4n) is 2.66. The SMILES string of the molecule is Cc1nc(NC(=O)C2(N)CCOCC2)sc1Cc1cccc(F)c1. The topological polar surface area (TPSA) is 77.2 Å². The van der Waals surface area contributed by atoms with Crippen molar-refractivity contribution >= 4 is 22.4 Å². The lowest BCUT2D eigenvalue weighted by Gasteiger charge is -2.31. The fourth-order valence-corrected chi connectivity index (χ4v) is 3.65. The molecule has 0 bridgehead atoms. The second-order valence-corrected chi connectivity index (χ2v) is 7.14. The molecule has 24 heavy (non-hydrogen) atoms. The van der Waals surface area contributed by atoms with Gasteiger partial charge in [0.05, 0.1) is 5.69 Å². The van der Waals surface area contributed by atoms with Gasteiger partial charge in [-0.05, 0) is 37.5 Å². The Morgan fingerprint density at radius 1 is 1.46 bits per heavy atom. The molecule has 0 aliphatic carbocycles. The minimum absolute atomic E-state index is 0.225. The molecule has 2 aromatic rings. The van der Waals surface area contributed by atoms with E-state index in [1.54, 1.807) is 6.07 Å². The summed E-state index contributed by atoms with van der Waals surface area (Å²) in [6.07, 6.45) is 1.58. The molecule has 5 nitrogen and oxygen atoms in total. The predicted octanol–water partition coefficient (Wildman–Crippen LogP) is 2.63. The summed E-state index contributed by atoms with van der Waals surface area (Å²) in [6, 6.07) is 6.49. The first-order valence-electron chi connectivity index (χ1n) is 7.85. The Morgan fingerprint density at radius 3 is 2.92 bits per heavy atom. The summed E-state index contributed by atoms with van der Waals surface area (Å²) in [5.74, 6) is -0.482. The van der Waals surface area contributed by atoms with Gasteiger partial charge in [-0.2, -0.15) is 0 Å². The monoisotopic (exact) mass is 349 g/mol. The van der Waals surface area contributed by atoms with E-state index in [1.807, 2.05) is 13.0 Å². The summed E-state index contributed by atoms with van der Waals surface area (Å²) in [4.78, 5) is 17.8. The van der Waals surface area contributed by atoms with E-state index in [-0.39, 0.29) is 11.7 Å². The van der Waals surface area contributed by atoms with Crippen LogP contribution in [0, 0.1) is 12.7 Å². The number of halogens is 1. The van der Waals surface area contributed by atoms with Crippen LogP contribution in [0.3, 0.4) is 0 Å². The van der Waals surface area contributed by atoms with E-state index in [9.17, 15) is 9.18 Å². The molecule has 0 unspecified atom stereocenters. The van der Waals surface area contributed by atoms with Gasteiger partial charge in [0.15, 0.2) is 5.13 Å². The normalized spacial score (nSPS) is 16.8. The van der Waals surface area contributed by atoms with Gasteiger partial charge in [0, 0.05) is 24.5 Å². The minimum atomic E-state index is -0.902. The number of aromatic nitrogens is 1. The number of amides is 1. The Hall–Kier alpha value is -1.83. The van der Waals surface area contributed by atoms with E-state index in [0.29, 0.717) is 37.6 Å². The second kappa shape index (κ2) is 6.96. The van der Waals surface area contributed by atoms with E-state index >= 15 is 0 Å². The second-order valence-electron chi connectivity index (χ2n) is 6.06. The number of rotatable bonds is 4. The maximum absolute atomic E-state index is 13.3. The first-order valence-corrected chi connectivity index (χ1v) is 8.67. The lowest BCUT2D eigenvalue weighted by molar-refractivity contribution is -0.124. The number of anilines is 1. The molecule has 0 atom stereocenters. The zero-order chi connectivity index (χ0) is 17.2. The summed E-state index contributed by atoms with van der Waals surface area (Å²) < 4.78 is 18.6. The summed E-state index contributed by atoms with van der Waals surface area (Å²) in [7, 11) is 0. The molecule has 1 aliphatic rings. The quantitative estimate of drug-likeness (QED) is 0.889. The van der Waals surface area contributed by atoms with Gasteiger partial charge in [0.2, 0.25) is 5.91 Å². The number of carbonyl (C=O) groups is 1. The molecular formula is C17H20FN3O2S. The first-order chi connectivity index (χ1) is 11.5. The van der Waals surface area contributed by atoms with Gasteiger partial charge < -0.3 is 15.8 Å². The number of aryl methyl sites for hydroxylation is 1. The number of benzene rings is 1. The zero-order valence-corrected chi connectivity index (χ0v) is 14.3. The van der Waals surface area contributed by atoms with E-state index in [1.165, 1.54) is 23.5 Å². The van der Waals surface area contributed by atoms with Crippen LogP contribution in [0.4, 0.5) is 9.52 Å². The van der Waals surface area contributed by atoms with E-state index in [4.69, 9.17) is 10.5 Å². The van der Waals surface area contributed by atoms with Crippen LogP contribution in [0.15, 0.2) is 24.3 Å². The largest absolute Gasteiger partial charge is 0.381 e. The lowest BCUT2D eigenvalue weighted by atomic mass is 9.90. The number of ether oxygens (including phenoxy) is 1. The van der Waals surface area contributed by atoms with Crippen LogP contribution < -0.4 is 11.1 Å². The number of hydrogen-bond acceptors (Lipinski definition) is 5. The van der Waals surface area contributed by atoms with Crippen molar-refractivity contribution in [1.82, 2.24) is 4.98 Å². The fraction of sp³-hybridized carbons (Fsp3) is 0.412.